The monoisotopic (exact) mass is 169 g/mol. The van der Waals surface area contributed by atoms with Crippen molar-refractivity contribution in [2.45, 2.75) is 26.7 Å². The molecule has 4 nitrogen and oxygen atoms in total. The second kappa shape index (κ2) is 2.97. The van der Waals surface area contributed by atoms with Gasteiger partial charge in [-0.25, -0.2) is 4.98 Å². The molecular formula is C8H11NO3. The normalized spacial score (nSPS) is 12.9. The number of oxazole rings is 1. The summed E-state index contributed by atoms with van der Waals surface area (Å²) in [7, 11) is 0. The predicted molar refractivity (Wildman–Crippen MR) is 42.0 cm³/mol. The van der Waals surface area contributed by atoms with Crippen molar-refractivity contribution in [3.8, 4) is 0 Å². The number of rotatable bonds is 2. The fourth-order valence-corrected chi connectivity index (χ4v) is 0.788. The topological polar surface area (TPSA) is 63.3 Å². The Bertz CT molecular complexity index is 284. The molecule has 0 amide bonds. The van der Waals surface area contributed by atoms with Crippen LogP contribution in [0.15, 0.2) is 4.42 Å². The molecule has 0 spiro atoms. The second-order valence-electron chi connectivity index (χ2n) is 2.75. The summed E-state index contributed by atoms with van der Waals surface area (Å²) in [6, 6.07) is 0. The summed E-state index contributed by atoms with van der Waals surface area (Å²) in [5, 5.41) is 8.64. The van der Waals surface area contributed by atoms with Gasteiger partial charge in [-0.15, -0.1) is 0 Å². The van der Waals surface area contributed by atoms with Crippen molar-refractivity contribution in [3.05, 3.63) is 17.3 Å². The van der Waals surface area contributed by atoms with Gasteiger partial charge in [0.25, 0.3) is 0 Å². The molecule has 0 saturated carbocycles. The van der Waals surface area contributed by atoms with Gasteiger partial charge in [-0.3, -0.25) is 4.79 Å². The van der Waals surface area contributed by atoms with E-state index in [1.165, 1.54) is 0 Å². The third-order valence-corrected chi connectivity index (χ3v) is 1.79. The van der Waals surface area contributed by atoms with Gasteiger partial charge in [0.05, 0.1) is 5.69 Å². The van der Waals surface area contributed by atoms with Crippen LogP contribution in [0.4, 0.5) is 0 Å². The fraction of sp³-hybridized carbons (Fsp3) is 0.500. The van der Waals surface area contributed by atoms with E-state index in [9.17, 15) is 4.79 Å². The van der Waals surface area contributed by atoms with Gasteiger partial charge >= 0.3 is 5.97 Å². The minimum atomic E-state index is -0.920. The molecule has 1 aromatic heterocycles. The van der Waals surface area contributed by atoms with E-state index in [1.807, 2.05) is 0 Å². The molecule has 0 aromatic carbocycles. The third kappa shape index (κ3) is 1.47. The Labute approximate surface area is 70.2 Å². The molecule has 4 heteroatoms. The van der Waals surface area contributed by atoms with Crippen molar-refractivity contribution in [1.29, 1.82) is 0 Å². The zero-order valence-electron chi connectivity index (χ0n) is 7.29. The molecule has 1 unspecified atom stereocenters. The first kappa shape index (κ1) is 8.77. The lowest BCUT2D eigenvalue weighted by molar-refractivity contribution is -0.138. The van der Waals surface area contributed by atoms with Crippen molar-refractivity contribution in [3.63, 3.8) is 0 Å². The molecule has 1 heterocycles. The standard InChI is InChI=1S/C8H11NO3/c1-4(8(10)11)7-9-5(2)6(3)12-7/h4H,1-3H3,(H,10,11). The molecule has 66 valence electrons. The highest BCUT2D eigenvalue weighted by Crippen LogP contribution is 2.17. The number of carboxylic acid groups (broad SMARTS) is 1. The predicted octanol–water partition coefficient (Wildman–Crippen LogP) is 1.48. The smallest absolute Gasteiger partial charge is 0.315 e. The second-order valence-corrected chi connectivity index (χ2v) is 2.75. The molecule has 1 N–H and O–H groups in total. The quantitative estimate of drug-likeness (QED) is 0.728. The minimum absolute atomic E-state index is 0.275. The van der Waals surface area contributed by atoms with Gasteiger partial charge in [0, 0.05) is 0 Å². The first-order valence-electron chi connectivity index (χ1n) is 3.69. The summed E-state index contributed by atoms with van der Waals surface area (Å²) in [6.45, 7) is 5.10. The molecule has 1 rings (SSSR count). The zero-order chi connectivity index (χ0) is 9.30. The van der Waals surface area contributed by atoms with Crippen LogP contribution in [0, 0.1) is 13.8 Å². The highest BCUT2D eigenvalue weighted by Gasteiger charge is 2.19. The van der Waals surface area contributed by atoms with E-state index in [1.54, 1.807) is 20.8 Å². The van der Waals surface area contributed by atoms with Crippen LogP contribution in [0.1, 0.15) is 30.2 Å². The molecule has 0 aliphatic heterocycles. The first-order chi connectivity index (χ1) is 5.52. The number of carboxylic acids is 1. The number of hydrogen-bond acceptors (Lipinski definition) is 3. The summed E-state index contributed by atoms with van der Waals surface area (Å²) in [5.74, 6) is -0.635. The Morgan fingerprint density at radius 1 is 1.58 bits per heavy atom. The average molecular weight is 169 g/mol. The highest BCUT2D eigenvalue weighted by molar-refractivity contribution is 5.74. The van der Waals surface area contributed by atoms with Crippen molar-refractivity contribution in [2.24, 2.45) is 0 Å². The summed E-state index contributed by atoms with van der Waals surface area (Å²) in [4.78, 5) is 14.5. The van der Waals surface area contributed by atoms with E-state index in [-0.39, 0.29) is 5.89 Å². The van der Waals surface area contributed by atoms with Crippen molar-refractivity contribution in [2.75, 3.05) is 0 Å². The maximum absolute atomic E-state index is 10.5. The summed E-state index contributed by atoms with van der Waals surface area (Å²) >= 11 is 0. The van der Waals surface area contributed by atoms with Crippen LogP contribution in [0.25, 0.3) is 0 Å². The average Bonchev–Trinajstić information content (AvgIpc) is 2.30. The van der Waals surface area contributed by atoms with E-state index in [0.29, 0.717) is 5.76 Å². The Kier molecular flexibility index (Phi) is 2.17. The number of aromatic nitrogens is 1. The van der Waals surface area contributed by atoms with Gasteiger partial charge in [-0.1, -0.05) is 0 Å². The molecule has 0 aliphatic rings. The Morgan fingerprint density at radius 3 is 2.50 bits per heavy atom. The van der Waals surface area contributed by atoms with Crippen LogP contribution in [0.5, 0.6) is 0 Å². The number of aryl methyl sites for hydroxylation is 2. The van der Waals surface area contributed by atoms with Crippen molar-refractivity contribution >= 4 is 5.97 Å². The lowest BCUT2D eigenvalue weighted by Gasteiger charge is -1.97. The largest absolute Gasteiger partial charge is 0.481 e. The van der Waals surface area contributed by atoms with E-state index < -0.39 is 11.9 Å². The van der Waals surface area contributed by atoms with E-state index >= 15 is 0 Å². The summed E-state index contributed by atoms with van der Waals surface area (Å²) < 4.78 is 5.15. The highest BCUT2D eigenvalue weighted by atomic mass is 16.4. The summed E-state index contributed by atoms with van der Waals surface area (Å²) in [5.41, 5.74) is 0.748. The van der Waals surface area contributed by atoms with Gasteiger partial charge in [0.15, 0.2) is 0 Å². The molecule has 12 heavy (non-hydrogen) atoms. The third-order valence-electron chi connectivity index (χ3n) is 1.79. The molecule has 0 bridgehead atoms. The van der Waals surface area contributed by atoms with Crippen LogP contribution in [-0.2, 0) is 4.79 Å². The Morgan fingerprint density at radius 2 is 2.17 bits per heavy atom. The van der Waals surface area contributed by atoms with Crippen LogP contribution in [0.3, 0.4) is 0 Å². The van der Waals surface area contributed by atoms with Crippen LogP contribution in [-0.4, -0.2) is 16.1 Å². The number of aliphatic carboxylic acids is 1. The van der Waals surface area contributed by atoms with Gasteiger partial charge in [0.1, 0.15) is 11.7 Å². The molecule has 1 aromatic rings. The number of hydrogen-bond donors (Lipinski definition) is 1. The van der Waals surface area contributed by atoms with E-state index in [4.69, 9.17) is 9.52 Å². The fourth-order valence-electron chi connectivity index (χ4n) is 0.788. The SMILES string of the molecule is Cc1nc(C(C)C(=O)O)oc1C. The van der Waals surface area contributed by atoms with Gasteiger partial charge in [-0.2, -0.15) is 0 Å². The van der Waals surface area contributed by atoms with Crippen LogP contribution >= 0.6 is 0 Å². The molecular weight excluding hydrogens is 158 g/mol. The maximum Gasteiger partial charge on any atom is 0.315 e. The van der Waals surface area contributed by atoms with Gasteiger partial charge in [-0.05, 0) is 20.8 Å². The Balaban J connectivity index is 2.96. The van der Waals surface area contributed by atoms with Gasteiger partial charge in [0.2, 0.25) is 5.89 Å². The first-order valence-corrected chi connectivity index (χ1v) is 3.69. The minimum Gasteiger partial charge on any atom is -0.481 e. The van der Waals surface area contributed by atoms with E-state index in [2.05, 4.69) is 4.98 Å². The Hall–Kier alpha value is -1.32. The molecule has 0 saturated heterocycles. The van der Waals surface area contributed by atoms with Crippen LogP contribution in [0.2, 0.25) is 0 Å². The molecule has 0 aliphatic carbocycles. The van der Waals surface area contributed by atoms with Crippen LogP contribution < -0.4 is 0 Å². The van der Waals surface area contributed by atoms with E-state index in [0.717, 1.165) is 5.69 Å². The van der Waals surface area contributed by atoms with Gasteiger partial charge < -0.3 is 9.52 Å². The number of carbonyl (C=O) groups is 1. The zero-order valence-corrected chi connectivity index (χ0v) is 7.29. The van der Waals surface area contributed by atoms with Crippen molar-refractivity contribution < 1.29 is 14.3 Å². The molecule has 1 atom stereocenters. The lowest BCUT2D eigenvalue weighted by atomic mass is 10.2. The van der Waals surface area contributed by atoms with Crippen molar-refractivity contribution in [1.82, 2.24) is 4.98 Å². The molecule has 0 fully saturated rings. The molecule has 0 radical (unpaired) electrons. The lowest BCUT2D eigenvalue weighted by Crippen LogP contribution is -2.07. The maximum atomic E-state index is 10.5. The summed E-state index contributed by atoms with van der Waals surface area (Å²) in [6.07, 6.45) is 0. The number of nitrogens with zero attached hydrogens (tertiary/aromatic N) is 1.